The molecule has 2 amide bonds. The van der Waals surface area contributed by atoms with Crippen molar-refractivity contribution in [2.24, 2.45) is 5.92 Å². The quantitative estimate of drug-likeness (QED) is 0.657. The first-order chi connectivity index (χ1) is 14.6. The van der Waals surface area contributed by atoms with Crippen molar-refractivity contribution in [1.29, 1.82) is 0 Å². The third-order valence-electron chi connectivity index (χ3n) is 5.67. The molecule has 0 spiro atoms. The molecular formula is C26H32N2O2. The molecule has 158 valence electrons. The Morgan fingerprint density at radius 3 is 2.60 bits per heavy atom. The van der Waals surface area contributed by atoms with Gasteiger partial charge in [0.1, 0.15) is 0 Å². The molecule has 1 aliphatic rings. The third-order valence-corrected chi connectivity index (χ3v) is 5.67. The van der Waals surface area contributed by atoms with Crippen LogP contribution in [0.4, 0.5) is 0 Å². The summed E-state index contributed by atoms with van der Waals surface area (Å²) in [4.78, 5) is 26.8. The molecule has 4 nitrogen and oxygen atoms in total. The first kappa shape index (κ1) is 21.8. The van der Waals surface area contributed by atoms with Gasteiger partial charge in [-0.3, -0.25) is 9.59 Å². The van der Waals surface area contributed by atoms with Crippen LogP contribution in [0, 0.1) is 12.8 Å². The van der Waals surface area contributed by atoms with Crippen LogP contribution in [0.5, 0.6) is 0 Å². The second-order valence-electron chi connectivity index (χ2n) is 8.03. The van der Waals surface area contributed by atoms with E-state index in [1.54, 1.807) is 4.90 Å². The largest absolute Gasteiger partial charge is 0.355 e. The summed E-state index contributed by atoms with van der Waals surface area (Å²) in [6.07, 6.45) is 5.52. The number of unbranched alkanes of at least 4 members (excludes halogenated alkanes) is 1. The van der Waals surface area contributed by atoms with Crippen LogP contribution in [0.15, 0.2) is 60.7 Å². The summed E-state index contributed by atoms with van der Waals surface area (Å²) in [5.74, 6) is -0.219. The molecule has 1 heterocycles. The van der Waals surface area contributed by atoms with Crippen LogP contribution in [0.3, 0.4) is 0 Å². The highest BCUT2D eigenvalue weighted by atomic mass is 16.2. The van der Waals surface area contributed by atoms with Gasteiger partial charge in [-0.15, -0.1) is 0 Å². The molecule has 3 rings (SSSR count). The molecule has 1 aliphatic heterocycles. The molecule has 2 aromatic carbocycles. The van der Waals surface area contributed by atoms with Gasteiger partial charge in [0, 0.05) is 26.1 Å². The van der Waals surface area contributed by atoms with Crippen molar-refractivity contribution in [3.05, 3.63) is 77.4 Å². The first-order valence-corrected chi connectivity index (χ1v) is 10.9. The molecule has 0 bridgehead atoms. The normalized spacial score (nSPS) is 16.7. The number of benzene rings is 2. The molecule has 1 unspecified atom stereocenters. The van der Waals surface area contributed by atoms with Gasteiger partial charge in [-0.05, 0) is 42.0 Å². The van der Waals surface area contributed by atoms with E-state index in [1.165, 1.54) is 16.7 Å². The zero-order valence-corrected chi connectivity index (χ0v) is 18.1. The van der Waals surface area contributed by atoms with Crippen LogP contribution in [-0.2, 0) is 16.1 Å². The Kier molecular flexibility index (Phi) is 7.83. The summed E-state index contributed by atoms with van der Waals surface area (Å²) in [6.45, 7) is 5.95. The average molecular weight is 405 g/mol. The van der Waals surface area contributed by atoms with Crippen molar-refractivity contribution in [3.63, 3.8) is 0 Å². The van der Waals surface area contributed by atoms with Crippen LogP contribution in [0.25, 0.3) is 5.57 Å². The topological polar surface area (TPSA) is 49.4 Å². The predicted molar refractivity (Wildman–Crippen MR) is 122 cm³/mol. The van der Waals surface area contributed by atoms with Crippen molar-refractivity contribution >= 4 is 17.4 Å². The molecule has 0 aromatic heterocycles. The third kappa shape index (κ3) is 5.82. The fourth-order valence-electron chi connectivity index (χ4n) is 3.97. The lowest BCUT2D eigenvalue weighted by atomic mass is 9.96. The van der Waals surface area contributed by atoms with E-state index in [9.17, 15) is 9.59 Å². The number of hydrogen-bond acceptors (Lipinski definition) is 2. The van der Waals surface area contributed by atoms with Gasteiger partial charge < -0.3 is 10.2 Å². The van der Waals surface area contributed by atoms with E-state index in [-0.39, 0.29) is 17.7 Å². The summed E-state index contributed by atoms with van der Waals surface area (Å²) in [5, 5.41) is 3.07. The number of likely N-dealkylation sites (tertiary alicyclic amines) is 1. The minimum absolute atomic E-state index is 0.0152. The van der Waals surface area contributed by atoms with Gasteiger partial charge in [-0.2, -0.15) is 0 Å². The molecule has 1 atom stereocenters. The van der Waals surface area contributed by atoms with E-state index >= 15 is 0 Å². The van der Waals surface area contributed by atoms with Gasteiger partial charge in [0.15, 0.2) is 0 Å². The lowest BCUT2D eigenvalue weighted by Crippen LogP contribution is -2.33. The first-order valence-electron chi connectivity index (χ1n) is 10.9. The molecule has 0 saturated carbocycles. The predicted octanol–water partition coefficient (Wildman–Crippen LogP) is 4.73. The minimum Gasteiger partial charge on any atom is -0.355 e. The number of rotatable bonds is 9. The molecule has 1 N–H and O–H groups in total. The molecular weight excluding hydrogens is 372 g/mol. The van der Waals surface area contributed by atoms with E-state index < -0.39 is 0 Å². The Morgan fingerprint density at radius 2 is 1.87 bits per heavy atom. The average Bonchev–Trinajstić information content (AvgIpc) is 3.12. The van der Waals surface area contributed by atoms with Gasteiger partial charge in [0.25, 0.3) is 0 Å². The maximum absolute atomic E-state index is 12.7. The summed E-state index contributed by atoms with van der Waals surface area (Å²) >= 11 is 0. The zero-order chi connectivity index (χ0) is 21.3. The Morgan fingerprint density at radius 1 is 1.13 bits per heavy atom. The number of allylic oxidation sites excluding steroid dienone is 1. The highest BCUT2D eigenvalue weighted by Gasteiger charge is 2.34. The number of nitrogens with one attached hydrogen (secondary N) is 1. The molecule has 1 saturated heterocycles. The van der Waals surface area contributed by atoms with Gasteiger partial charge in [0.05, 0.1) is 5.92 Å². The summed E-state index contributed by atoms with van der Waals surface area (Å²) in [5.41, 5.74) is 4.88. The second kappa shape index (κ2) is 10.8. The van der Waals surface area contributed by atoms with E-state index in [1.807, 2.05) is 30.3 Å². The second-order valence-corrected chi connectivity index (χ2v) is 8.03. The van der Waals surface area contributed by atoms with Crippen LogP contribution in [0.1, 0.15) is 49.3 Å². The molecule has 30 heavy (non-hydrogen) atoms. The van der Waals surface area contributed by atoms with Crippen LogP contribution in [-0.4, -0.2) is 29.8 Å². The monoisotopic (exact) mass is 404 g/mol. The van der Waals surface area contributed by atoms with Crippen molar-refractivity contribution in [2.45, 2.75) is 46.1 Å². The van der Waals surface area contributed by atoms with Crippen LogP contribution in [0.2, 0.25) is 0 Å². The van der Waals surface area contributed by atoms with Crippen molar-refractivity contribution in [2.75, 3.05) is 13.1 Å². The number of nitrogens with zero attached hydrogens (tertiary/aromatic N) is 1. The summed E-state index contributed by atoms with van der Waals surface area (Å²) in [6, 6.07) is 18.3. The highest BCUT2D eigenvalue weighted by molar-refractivity contribution is 5.89. The fraction of sp³-hybridized carbons (Fsp3) is 0.385. The SMILES string of the molecule is CCC/C=C(/CCNC(=O)C1CC(=O)N(Cc2ccccc2)C1)c1ccccc1C. The molecule has 1 fully saturated rings. The van der Waals surface area contributed by atoms with Gasteiger partial charge in [0.2, 0.25) is 11.8 Å². The Bertz CT molecular complexity index is 889. The van der Waals surface area contributed by atoms with Crippen molar-refractivity contribution < 1.29 is 9.59 Å². The van der Waals surface area contributed by atoms with Gasteiger partial charge >= 0.3 is 0 Å². The smallest absolute Gasteiger partial charge is 0.225 e. The Labute approximate surface area is 180 Å². The van der Waals surface area contributed by atoms with Crippen LogP contribution >= 0.6 is 0 Å². The lowest BCUT2D eigenvalue weighted by molar-refractivity contribution is -0.129. The number of carbonyl (C=O) groups is 2. The summed E-state index contributed by atoms with van der Waals surface area (Å²) < 4.78 is 0. The van der Waals surface area contributed by atoms with E-state index in [2.05, 4.69) is 49.5 Å². The number of aryl methyl sites for hydroxylation is 1. The van der Waals surface area contributed by atoms with Crippen molar-refractivity contribution in [3.8, 4) is 0 Å². The van der Waals surface area contributed by atoms with E-state index in [0.29, 0.717) is 26.1 Å². The van der Waals surface area contributed by atoms with E-state index in [0.717, 1.165) is 24.8 Å². The standard InChI is InChI=1S/C26H32N2O2/c1-3-4-13-22(24-14-9-8-10-20(24)2)15-16-27-26(30)23-17-25(29)28(19-23)18-21-11-6-5-7-12-21/h5-14,23H,3-4,15-19H2,1-2H3,(H,27,30)/b22-13-. The van der Waals surface area contributed by atoms with Crippen molar-refractivity contribution in [1.82, 2.24) is 10.2 Å². The molecule has 4 heteroatoms. The number of amides is 2. The van der Waals surface area contributed by atoms with E-state index in [4.69, 9.17) is 0 Å². The number of hydrogen-bond donors (Lipinski definition) is 1. The lowest BCUT2D eigenvalue weighted by Gasteiger charge is -2.17. The maximum Gasteiger partial charge on any atom is 0.225 e. The molecule has 0 aliphatic carbocycles. The highest BCUT2D eigenvalue weighted by Crippen LogP contribution is 2.23. The van der Waals surface area contributed by atoms with Gasteiger partial charge in [-0.25, -0.2) is 0 Å². The Hall–Kier alpha value is -2.88. The number of carbonyl (C=O) groups excluding carboxylic acids is 2. The zero-order valence-electron chi connectivity index (χ0n) is 18.1. The minimum atomic E-state index is -0.261. The molecule has 2 aromatic rings. The van der Waals surface area contributed by atoms with Crippen LogP contribution < -0.4 is 5.32 Å². The Balaban J connectivity index is 1.53. The summed E-state index contributed by atoms with van der Waals surface area (Å²) in [7, 11) is 0. The maximum atomic E-state index is 12.7. The van der Waals surface area contributed by atoms with Gasteiger partial charge in [-0.1, -0.05) is 74.0 Å². The molecule has 0 radical (unpaired) electrons. The fourth-order valence-corrected chi connectivity index (χ4v) is 3.97.